The molecule has 2 atom stereocenters. The number of aliphatic hydroxyl groups excluding tert-OH is 2. The standard InChI is InChI=1S/C20H31NO5/c1-25-13-6-11-20(16-22)15-21(12-10-18(20)23)19(24)9-5-14-26-17-7-3-2-4-8-17/h2-4,7-8,18,22-23H,5-6,9-16H2,1H3/t18-,20+/m1/s1. The number of piperidine rings is 1. The molecule has 0 saturated carbocycles. The highest BCUT2D eigenvalue weighted by molar-refractivity contribution is 5.76. The van der Waals surface area contributed by atoms with Crippen LogP contribution < -0.4 is 4.74 Å². The fourth-order valence-corrected chi connectivity index (χ4v) is 3.50. The van der Waals surface area contributed by atoms with Gasteiger partial charge in [0.05, 0.1) is 19.3 Å². The Kier molecular flexibility index (Phi) is 8.35. The SMILES string of the molecule is COCCC[C@@]1(CO)CN(C(=O)CCCOc2ccccc2)CC[C@H]1O. The Morgan fingerprint density at radius 2 is 2.04 bits per heavy atom. The molecule has 1 fully saturated rings. The van der Waals surface area contributed by atoms with Crippen molar-refractivity contribution < 1.29 is 24.5 Å². The molecule has 2 rings (SSSR count). The van der Waals surface area contributed by atoms with Crippen LogP contribution in [-0.2, 0) is 9.53 Å². The molecule has 1 heterocycles. The van der Waals surface area contributed by atoms with E-state index in [4.69, 9.17) is 9.47 Å². The van der Waals surface area contributed by atoms with Crippen molar-refractivity contribution in [2.24, 2.45) is 5.41 Å². The fourth-order valence-electron chi connectivity index (χ4n) is 3.50. The third-order valence-electron chi connectivity index (χ3n) is 5.12. The number of carbonyl (C=O) groups is 1. The highest BCUT2D eigenvalue weighted by Gasteiger charge is 2.43. The van der Waals surface area contributed by atoms with Crippen molar-refractivity contribution >= 4 is 5.91 Å². The molecule has 0 spiro atoms. The second-order valence-electron chi connectivity index (χ2n) is 7.00. The molecule has 0 radical (unpaired) electrons. The number of para-hydroxylation sites is 1. The maximum atomic E-state index is 12.5. The summed E-state index contributed by atoms with van der Waals surface area (Å²) in [6.45, 7) is 1.88. The highest BCUT2D eigenvalue weighted by Crippen LogP contribution is 2.35. The van der Waals surface area contributed by atoms with Crippen LogP contribution in [0, 0.1) is 5.41 Å². The van der Waals surface area contributed by atoms with Crippen LogP contribution in [-0.4, -0.2) is 67.1 Å². The lowest BCUT2D eigenvalue weighted by molar-refractivity contribution is -0.143. The van der Waals surface area contributed by atoms with E-state index >= 15 is 0 Å². The van der Waals surface area contributed by atoms with Gasteiger partial charge in [-0.3, -0.25) is 4.79 Å². The van der Waals surface area contributed by atoms with Gasteiger partial charge in [-0.15, -0.1) is 0 Å². The molecule has 1 aromatic rings. The minimum atomic E-state index is -0.646. The van der Waals surface area contributed by atoms with Gasteiger partial charge in [0.15, 0.2) is 0 Å². The number of benzene rings is 1. The van der Waals surface area contributed by atoms with E-state index in [1.54, 1.807) is 12.0 Å². The summed E-state index contributed by atoms with van der Waals surface area (Å²) < 4.78 is 10.7. The summed E-state index contributed by atoms with van der Waals surface area (Å²) in [6.07, 6.45) is 2.35. The lowest BCUT2D eigenvalue weighted by Crippen LogP contribution is -2.55. The second-order valence-corrected chi connectivity index (χ2v) is 7.00. The molecule has 26 heavy (non-hydrogen) atoms. The van der Waals surface area contributed by atoms with Gasteiger partial charge in [0.1, 0.15) is 5.75 Å². The number of aliphatic hydroxyl groups is 2. The molecule has 1 aliphatic rings. The Morgan fingerprint density at radius 3 is 2.73 bits per heavy atom. The molecule has 2 N–H and O–H groups in total. The Labute approximate surface area is 155 Å². The average Bonchev–Trinajstić information content (AvgIpc) is 2.67. The van der Waals surface area contributed by atoms with Crippen molar-refractivity contribution in [1.82, 2.24) is 4.90 Å². The van der Waals surface area contributed by atoms with Crippen LogP contribution in [0.5, 0.6) is 5.75 Å². The minimum absolute atomic E-state index is 0.0538. The fraction of sp³-hybridized carbons (Fsp3) is 0.650. The number of rotatable bonds is 10. The van der Waals surface area contributed by atoms with Gasteiger partial charge in [-0.25, -0.2) is 0 Å². The zero-order valence-electron chi connectivity index (χ0n) is 15.6. The summed E-state index contributed by atoms with van der Waals surface area (Å²) in [5, 5.41) is 20.3. The molecule has 0 aliphatic carbocycles. The van der Waals surface area contributed by atoms with E-state index in [2.05, 4.69) is 0 Å². The van der Waals surface area contributed by atoms with Gasteiger partial charge in [-0.1, -0.05) is 18.2 Å². The molecule has 1 saturated heterocycles. The summed E-state index contributed by atoms with van der Waals surface area (Å²) >= 11 is 0. The van der Waals surface area contributed by atoms with Gasteiger partial charge in [-0.05, 0) is 37.8 Å². The van der Waals surface area contributed by atoms with Crippen molar-refractivity contribution in [3.63, 3.8) is 0 Å². The topological polar surface area (TPSA) is 79.2 Å². The Bertz CT molecular complexity index is 538. The molecular weight excluding hydrogens is 334 g/mol. The van der Waals surface area contributed by atoms with Crippen LogP contribution in [0.15, 0.2) is 30.3 Å². The van der Waals surface area contributed by atoms with Crippen LogP contribution in [0.3, 0.4) is 0 Å². The third kappa shape index (κ3) is 5.69. The first-order valence-electron chi connectivity index (χ1n) is 9.35. The molecule has 6 nitrogen and oxygen atoms in total. The smallest absolute Gasteiger partial charge is 0.222 e. The Balaban J connectivity index is 1.80. The lowest BCUT2D eigenvalue weighted by atomic mass is 9.74. The third-order valence-corrected chi connectivity index (χ3v) is 5.12. The quantitative estimate of drug-likeness (QED) is 0.619. The average molecular weight is 365 g/mol. The molecule has 1 aromatic carbocycles. The molecule has 146 valence electrons. The number of carbonyl (C=O) groups excluding carboxylic acids is 1. The molecule has 1 aliphatic heterocycles. The molecule has 0 bridgehead atoms. The van der Waals surface area contributed by atoms with Gasteiger partial charge < -0.3 is 24.6 Å². The van der Waals surface area contributed by atoms with Crippen molar-refractivity contribution in [1.29, 1.82) is 0 Å². The number of likely N-dealkylation sites (tertiary alicyclic amines) is 1. The maximum absolute atomic E-state index is 12.5. The highest BCUT2D eigenvalue weighted by atomic mass is 16.5. The Morgan fingerprint density at radius 1 is 1.27 bits per heavy atom. The molecule has 6 heteroatoms. The van der Waals surface area contributed by atoms with E-state index in [0.29, 0.717) is 52.0 Å². The number of methoxy groups -OCH3 is 1. The van der Waals surface area contributed by atoms with Crippen molar-refractivity contribution in [2.75, 3.05) is 40.0 Å². The van der Waals surface area contributed by atoms with Gasteiger partial charge >= 0.3 is 0 Å². The summed E-state index contributed by atoms with van der Waals surface area (Å²) in [5.41, 5.74) is -0.646. The van der Waals surface area contributed by atoms with Crippen LogP contribution in [0.2, 0.25) is 0 Å². The van der Waals surface area contributed by atoms with E-state index < -0.39 is 11.5 Å². The van der Waals surface area contributed by atoms with Crippen LogP contribution >= 0.6 is 0 Å². The number of hydrogen-bond acceptors (Lipinski definition) is 5. The van der Waals surface area contributed by atoms with Gasteiger partial charge in [0.2, 0.25) is 5.91 Å². The van der Waals surface area contributed by atoms with Crippen LogP contribution in [0.4, 0.5) is 0 Å². The van der Waals surface area contributed by atoms with E-state index in [1.807, 2.05) is 30.3 Å². The van der Waals surface area contributed by atoms with Gasteiger partial charge in [0.25, 0.3) is 0 Å². The summed E-state index contributed by atoms with van der Waals surface area (Å²) in [7, 11) is 1.64. The maximum Gasteiger partial charge on any atom is 0.222 e. The zero-order valence-corrected chi connectivity index (χ0v) is 15.6. The minimum Gasteiger partial charge on any atom is -0.494 e. The first kappa shape index (κ1) is 20.7. The normalized spacial score (nSPS) is 23.0. The molecule has 1 amide bonds. The predicted octanol–water partition coefficient (Wildman–Crippen LogP) is 1.84. The van der Waals surface area contributed by atoms with Crippen molar-refractivity contribution in [3.05, 3.63) is 30.3 Å². The van der Waals surface area contributed by atoms with E-state index in [-0.39, 0.29) is 12.5 Å². The Hall–Kier alpha value is -1.63. The first-order chi connectivity index (χ1) is 12.6. The number of ether oxygens (including phenoxy) is 2. The van der Waals surface area contributed by atoms with Gasteiger partial charge in [-0.2, -0.15) is 0 Å². The monoisotopic (exact) mass is 365 g/mol. The van der Waals surface area contributed by atoms with Gasteiger partial charge in [0, 0.05) is 38.6 Å². The van der Waals surface area contributed by atoms with Crippen molar-refractivity contribution in [3.8, 4) is 5.75 Å². The molecular formula is C20H31NO5. The van der Waals surface area contributed by atoms with Crippen LogP contribution in [0.1, 0.15) is 32.1 Å². The van der Waals surface area contributed by atoms with Crippen LogP contribution in [0.25, 0.3) is 0 Å². The zero-order chi connectivity index (χ0) is 18.8. The van der Waals surface area contributed by atoms with E-state index in [9.17, 15) is 15.0 Å². The largest absolute Gasteiger partial charge is 0.494 e. The molecule has 0 unspecified atom stereocenters. The lowest BCUT2D eigenvalue weighted by Gasteiger charge is -2.45. The summed E-state index contributed by atoms with van der Waals surface area (Å²) in [4.78, 5) is 14.3. The summed E-state index contributed by atoms with van der Waals surface area (Å²) in [5.74, 6) is 0.858. The number of amides is 1. The second kappa shape index (κ2) is 10.5. The molecule has 0 aromatic heterocycles. The van der Waals surface area contributed by atoms with E-state index in [1.165, 1.54) is 0 Å². The van der Waals surface area contributed by atoms with E-state index in [0.717, 1.165) is 12.2 Å². The number of nitrogens with zero attached hydrogens (tertiary/aromatic N) is 1. The summed E-state index contributed by atoms with van der Waals surface area (Å²) in [6, 6.07) is 9.54. The predicted molar refractivity (Wildman–Crippen MR) is 99.0 cm³/mol. The number of hydrogen-bond donors (Lipinski definition) is 2. The van der Waals surface area contributed by atoms with Crippen molar-refractivity contribution in [2.45, 2.75) is 38.2 Å². The first-order valence-corrected chi connectivity index (χ1v) is 9.35.